The SMILES string of the molecule is c1ccc(-c2nc(-c3ccccc3)[nH+]c(-c3cccc4oc5c(-c6cccc7c6Oc6ccccc6S7)cc(-c6cccc7c6Oc6ccccc6S7)cc5c34)n2)cc1. The van der Waals surface area contributed by atoms with Crippen LogP contribution in [0.25, 0.3) is 78.4 Å². The monoisotopic (exact) mass is 796 g/mol. The molecule has 0 saturated heterocycles. The first-order chi connectivity index (χ1) is 29.2. The predicted molar refractivity (Wildman–Crippen MR) is 234 cm³/mol. The Morgan fingerprint density at radius 1 is 0.424 bits per heavy atom. The maximum Gasteiger partial charge on any atom is 0.308 e. The van der Waals surface area contributed by atoms with Gasteiger partial charge in [-0.1, -0.05) is 124 Å². The van der Waals surface area contributed by atoms with Crippen LogP contribution in [0.3, 0.4) is 0 Å². The van der Waals surface area contributed by atoms with Gasteiger partial charge in [-0.15, -0.1) is 0 Å². The van der Waals surface area contributed by atoms with E-state index in [4.69, 9.17) is 23.9 Å². The molecule has 10 aromatic rings. The average Bonchev–Trinajstić information content (AvgIpc) is 3.69. The number of nitrogens with zero attached hydrogens (tertiary/aromatic N) is 2. The number of nitrogens with one attached hydrogen (secondary N) is 1. The van der Waals surface area contributed by atoms with Gasteiger partial charge in [-0.2, -0.15) is 0 Å². The maximum absolute atomic E-state index is 6.99. The minimum absolute atomic E-state index is 0.626. The van der Waals surface area contributed by atoms with Gasteiger partial charge in [0.05, 0.1) is 36.3 Å². The molecule has 2 aromatic heterocycles. The third-order valence-electron chi connectivity index (χ3n) is 10.7. The molecule has 0 spiro atoms. The summed E-state index contributed by atoms with van der Waals surface area (Å²) in [6, 6.07) is 60.0. The van der Waals surface area contributed by atoms with E-state index in [-0.39, 0.29) is 0 Å². The van der Waals surface area contributed by atoms with Crippen LogP contribution in [0.2, 0.25) is 0 Å². The first-order valence-electron chi connectivity index (χ1n) is 19.3. The molecule has 0 atom stereocenters. The van der Waals surface area contributed by atoms with Crippen molar-refractivity contribution in [3.05, 3.63) is 176 Å². The number of fused-ring (bicyclic) bond motifs is 7. The minimum Gasteiger partial charge on any atom is -0.455 e. The van der Waals surface area contributed by atoms with Crippen LogP contribution >= 0.6 is 23.5 Å². The first-order valence-corrected chi connectivity index (χ1v) is 20.9. The predicted octanol–water partition coefficient (Wildman–Crippen LogP) is 14.0. The summed E-state index contributed by atoms with van der Waals surface area (Å²) in [7, 11) is 0. The first kappa shape index (κ1) is 34.0. The highest BCUT2D eigenvalue weighted by molar-refractivity contribution is 8.00. The molecule has 0 bridgehead atoms. The zero-order chi connectivity index (χ0) is 38.9. The van der Waals surface area contributed by atoms with Crippen LogP contribution in [0.1, 0.15) is 0 Å². The Kier molecular flexibility index (Phi) is 7.92. The van der Waals surface area contributed by atoms with Gasteiger partial charge in [0.1, 0.15) is 34.2 Å². The number of ether oxygens (including phenoxy) is 2. The van der Waals surface area contributed by atoms with Crippen LogP contribution in [-0.4, -0.2) is 9.97 Å². The number of hydrogen-bond acceptors (Lipinski definition) is 7. The Labute approximate surface area is 347 Å². The average molecular weight is 797 g/mol. The Hall–Kier alpha value is -7.13. The summed E-state index contributed by atoms with van der Waals surface area (Å²) in [5.41, 5.74) is 8.11. The lowest BCUT2D eigenvalue weighted by molar-refractivity contribution is -0.359. The molecule has 2 aliphatic rings. The Bertz CT molecular complexity index is 3240. The van der Waals surface area contributed by atoms with Crippen molar-refractivity contribution in [2.45, 2.75) is 19.6 Å². The molecule has 6 nitrogen and oxygen atoms in total. The molecule has 278 valence electrons. The molecular formula is C51H30N3O3S2+. The van der Waals surface area contributed by atoms with Crippen molar-refractivity contribution < 1.29 is 18.9 Å². The summed E-state index contributed by atoms with van der Waals surface area (Å²) in [6.07, 6.45) is 0. The van der Waals surface area contributed by atoms with Gasteiger partial charge >= 0.3 is 5.82 Å². The lowest BCUT2D eigenvalue weighted by Gasteiger charge is -2.23. The number of para-hydroxylation sites is 4. The number of furan rings is 1. The Morgan fingerprint density at radius 2 is 0.983 bits per heavy atom. The van der Waals surface area contributed by atoms with Gasteiger partial charge in [0.15, 0.2) is 0 Å². The van der Waals surface area contributed by atoms with Crippen LogP contribution in [0.5, 0.6) is 23.0 Å². The fraction of sp³-hybridized carbons (Fsp3) is 0. The molecule has 0 saturated carbocycles. The molecule has 4 heterocycles. The zero-order valence-electron chi connectivity index (χ0n) is 31.2. The highest BCUT2D eigenvalue weighted by Gasteiger charge is 2.29. The second-order valence-corrected chi connectivity index (χ2v) is 16.5. The van der Waals surface area contributed by atoms with Gasteiger partial charge in [0.2, 0.25) is 0 Å². The van der Waals surface area contributed by atoms with E-state index in [1.165, 1.54) is 0 Å². The van der Waals surface area contributed by atoms with Gasteiger partial charge in [-0.3, -0.25) is 0 Å². The molecule has 8 heteroatoms. The fourth-order valence-corrected chi connectivity index (χ4v) is 9.97. The van der Waals surface area contributed by atoms with E-state index >= 15 is 0 Å². The molecule has 0 amide bonds. The molecule has 59 heavy (non-hydrogen) atoms. The zero-order valence-corrected chi connectivity index (χ0v) is 32.8. The highest BCUT2D eigenvalue weighted by atomic mass is 32.2. The third-order valence-corrected chi connectivity index (χ3v) is 12.9. The van der Waals surface area contributed by atoms with Crippen LogP contribution in [0.15, 0.2) is 200 Å². The minimum atomic E-state index is 0.626. The molecule has 8 aromatic carbocycles. The summed E-state index contributed by atoms with van der Waals surface area (Å²) < 4.78 is 20.5. The van der Waals surface area contributed by atoms with Crippen LogP contribution in [0, 0.1) is 0 Å². The van der Waals surface area contributed by atoms with Gasteiger partial charge in [-0.25, -0.2) is 4.98 Å². The number of H-pyrrole nitrogens is 1. The Balaban J connectivity index is 1.13. The van der Waals surface area contributed by atoms with Crippen molar-refractivity contribution in [3.63, 3.8) is 0 Å². The van der Waals surface area contributed by atoms with Gasteiger partial charge in [0, 0.05) is 27.5 Å². The quantitative estimate of drug-likeness (QED) is 0.172. The van der Waals surface area contributed by atoms with Gasteiger partial charge < -0.3 is 13.9 Å². The molecule has 0 fully saturated rings. The van der Waals surface area contributed by atoms with Crippen LogP contribution in [0.4, 0.5) is 0 Å². The molecule has 0 radical (unpaired) electrons. The number of rotatable bonds is 5. The largest absolute Gasteiger partial charge is 0.455 e. The Morgan fingerprint density at radius 3 is 1.69 bits per heavy atom. The molecular weight excluding hydrogens is 767 g/mol. The van der Waals surface area contributed by atoms with Crippen molar-refractivity contribution in [2.75, 3.05) is 0 Å². The summed E-state index contributed by atoms with van der Waals surface area (Å²) in [6.45, 7) is 0. The van der Waals surface area contributed by atoms with Crippen molar-refractivity contribution in [2.24, 2.45) is 0 Å². The van der Waals surface area contributed by atoms with Crippen LogP contribution in [-0.2, 0) is 0 Å². The van der Waals surface area contributed by atoms with Crippen LogP contribution < -0.4 is 14.5 Å². The highest BCUT2D eigenvalue weighted by Crippen LogP contribution is 2.55. The van der Waals surface area contributed by atoms with E-state index < -0.39 is 0 Å². The number of benzene rings is 8. The second kappa shape index (κ2) is 13.8. The summed E-state index contributed by atoms with van der Waals surface area (Å²) in [5.74, 6) is 5.34. The second-order valence-electron chi connectivity index (χ2n) is 14.4. The topological polar surface area (TPSA) is 71.5 Å². The van der Waals surface area contributed by atoms with Crippen molar-refractivity contribution in [1.82, 2.24) is 9.97 Å². The standard InChI is InChI=1S/C51H29N3O3S2/c1-3-14-30(15-4-1)49-52-50(31-16-5-2-6-17-31)54-51(53-49)35-20-11-23-40-45(35)37-29-32(33-18-12-26-43-47(33)55-38-21-7-9-24-41(38)58-43)28-36(46(37)57-40)34-19-13-27-44-48(34)56-39-22-8-10-25-42(39)59-44/h1-29H/p+1. The smallest absolute Gasteiger partial charge is 0.308 e. The van der Waals surface area contributed by atoms with Crippen molar-refractivity contribution in [3.8, 4) is 79.4 Å². The molecule has 0 aliphatic carbocycles. The number of hydrogen-bond donors (Lipinski definition) is 0. The number of aromatic nitrogens is 3. The summed E-state index contributed by atoms with van der Waals surface area (Å²) in [5, 5.41) is 1.88. The van der Waals surface area contributed by atoms with E-state index in [1.807, 2.05) is 97.1 Å². The van der Waals surface area contributed by atoms with Gasteiger partial charge in [-0.05, 0) is 90.5 Å². The van der Waals surface area contributed by atoms with Gasteiger partial charge in [0.25, 0.3) is 11.6 Å². The van der Waals surface area contributed by atoms with E-state index in [0.717, 1.165) is 109 Å². The summed E-state index contributed by atoms with van der Waals surface area (Å²) in [4.78, 5) is 18.1. The van der Waals surface area contributed by atoms with Crippen molar-refractivity contribution in [1.29, 1.82) is 0 Å². The van der Waals surface area contributed by atoms with E-state index in [9.17, 15) is 0 Å². The molecule has 0 unspecified atom stereocenters. The van der Waals surface area contributed by atoms with E-state index in [0.29, 0.717) is 11.6 Å². The lowest BCUT2D eigenvalue weighted by Crippen LogP contribution is -2.17. The molecule has 12 rings (SSSR count). The molecule has 2 aliphatic heterocycles. The normalized spacial score (nSPS) is 12.5. The summed E-state index contributed by atoms with van der Waals surface area (Å²) >= 11 is 3.44. The maximum atomic E-state index is 6.99. The van der Waals surface area contributed by atoms with E-state index in [1.54, 1.807) is 23.5 Å². The van der Waals surface area contributed by atoms with E-state index in [2.05, 4.69) is 83.8 Å². The number of aromatic amines is 1. The third kappa shape index (κ3) is 5.79. The lowest BCUT2D eigenvalue weighted by atomic mass is 9.94. The fourth-order valence-electron chi connectivity index (χ4n) is 8.00. The molecule has 1 N–H and O–H groups in total. The van der Waals surface area contributed by atoms with Crippen molar-refractivity contribution >= 4 is 45.5 Å².